The Kier molecular flexibility index (Phi) is 3.90. The van der Waals surface area contributed by atoms with Gasteiger partial charge in [0, 0.05) is 23.5 Å². The molecule has 0 aliphatic rings. The molecule has 20 heavy (non-hydrogen) atoms. The predicted octanol–water partition coefficient (Wildman–Crippen LogP) is 4.57. The minimum Gasteiger partial charge on any atom is -0.369 e. The molecule has 0 aromatic heterocycles. The van der Waals surface area contributed by atoms with Crippen molar-refractivity contribution in [2.45, 2.75) is 19.6 Å². The Hall–Kier alpha value is -2.14. The molecular weight excluding hydrogens is 268 g/mol. The van der Waals surface area contributed by atoms with Crippen molar-refractivity contribution in [3.63, 3.8) is 0 Å². The molecular formula is C15H18N2O2Si. The fraction of sp³-hybridized carbons (Fsp3) is 0.200. The summed E-state index contributed by atoms with van der Waals surface area (Å²) >= 11 is 0. The van der Waals surface area contributed by atoms with Crippen molar-refractivity contribution in [2.24, 2.45) is 0 Å². The third-order valence-electron chi connectivity index (χ3n) is 3.00. The second-order valence-electron chi connectivity index (χ2n) is 5.62. The van der Waals surface area contributed by atoms with Crippen LogP contribution in [0.2, 0.25) is 19.6 Å². The van der Waals surface area contributed by atoms with Gasteiger partial charge in [0.25, 0.3) is 5.69 Å². The number of rotatable bonds is 4. The van der Waals surface area contributed by atoms with E-state index in [0.29, 0.717) is 0 Å². The zero-order valence-electron chi connectivity index (χ0n) is 11.9. The van der Waals surface area contributed by atoms with E-state index >= 15 is 0 Å². The van der Waals surface area contributed by atoms with Gasteiger partial charge in [0.15, 0.2) is 8.24 Å². The number of para-hydroxylation sites is 1. The maximum absolute atomic E-state index is 10.7. The molecule has 0 aliphatic heterocycles. The van der Waals surface area contributed by atoms with Crippen LogP contribution in [0.5, 0.6) is 0 Å². The first-order valence-electron chi connectivity index (χ1n) is 6.49. The summed E-state index contributed by atoms with van der Waals surface area (Å²) in [4.78, 5) is 10.4. The van der Waals surface area contributed by atoms with Crippen LogP contribution in [0.4, 0.5) is 17.1 Å². The zero-order chi connectivity index (χ0) is 14.8. The SMILES string of the molecule is C[Si](C)(C)N(c1ccccc1)c1ccc([N+](=O)[O-])cc1. The fourth-order valence-electron chi connectivity index (χ4n) is 2.22. The average Bonchev–Trinajstić information content (AvgIpc) is 2.39. The number of non-ortho nitro benzene ring substituents is 1. The summed E-state index contributed by atoms with van der Waals surface area (Å²) in [6, 6.07) is 16.9. The van der Waals surface area contributed by atoms with E-state index in [2.05, 4.69) is 36.3 Å². The number of anilines is 2. The maximum Gasteiger partial charge on any atom is 0.269 e. The largest absolute Gasteiger partial charge is 0.369 e. The summed E-state index contributed by atoms with van der Waals surface area (Å²) in [6.07, 6.45) is 0. The van der Waals surface area contributed by atoms with Crippen molar-refractivity contribution in [3.8, 4) is 0 Å². The van der Waals surface area contributed by atoms with E-state index in [-0.39, 0.29) is 10.6 Å². The molecule has 0 heterocycles. The fourth-order valence-corrected chi connectivity index (χ4v) is 4.07. The lowest BCUT2D eigenvalue weighted by Crippen LogP contribution is -2.42. The summed E-state index contributed by atoms with van der Waals surface area (Å²) in [5.74, 6) is 0. The van der Waals surface area contributed by atoms with Gasteiger partial charge in [-0.05, 0) is 24.3 Å². The maximum atomic E-state index is 10.7. The zero-order valence-corrected chi connectivity index (χ0v) is 12.9. The molecule has 4 nitrogen and oxygen atoms in total. The van der Waals surface area contributed by atoms with E-state index in [9.17, 15) is 10.1 Å². The molecule has 0 unspecified atom stereocenters. The van der Waals surface area contributed by atoms with Crippen molar-refractivity contribution in [1.82, 2.24) is 0 Å². The second kappa shape index (κ2) is 5.46. The van der Waals surface area contributed by atoms with E-state index in [4.69, 9.17) is 0 Å². The Morgan fingerprint density at radius 2 is 1.40 bits per heavy atom. The average molecular weight is 286 g/mol. The summed E-state index contributed by atoms with van der Waals surface area (Å²) in [6.45, 7) is 6.75. The lowest BCUT2D eigenvalue weighted by Gasteiger charge is -2.36. The van der Waals surface area contributed by atoms with Crippen molar-refractivity contribution < 1.29 is 4.92 Å². The molecule has 0 saturated heterocycles. The molecule has 104 valence electrons. The van der Waals surface area contributed by atoms with E-state index < -0.39 is 8.24 Å². The Balaban J connectivity index is 2.45. The number of nitro groups is 1. The van der Waals surface area contributed by atoms with Crippen LogP contribution in [0.15, 0.2) is 54.6 Å². The first kappa shape index (κ1) is 14.3. The third kappa shape index (κ3) is 3.05. The normalized spacial score (nSPS) is 11.2. The molecule has 0 amide bonds. The quantitative estimate of drug-likeness (QED) is 0.470. The van der Waals surface area contributed by atoms with Gasteiger partial charge < -0.3 is 4.57 Å². The van der Waals surface area contributed by atoms with Crippen LogP contribution in [0.3, 0.4) is 0 Å². The van der Waals surface area contributed by atoms with Gasteiger partial charge in [0.05, 0.1) is 4.92 Å². The molecule has 0 atom stereocenters. The summed E-state index contributed by atoms with van der Waals surface area (Å²) in [5, 5.41) is 10.7. The number of benzene rings is 2. The Morgan fingerprint density at radius 1 is 0.900 bits per heavy atom. The molecule has 2 rings (SSSR count). The van der Waals surface area contributed by atoms with Crippen LogP contribution in [0.25, 0.3) is 0 Å². The molecule has 0 spiro atoms. The van der Waals surface area contributed by atoms with Crippen molar-refractivity contribution >= 4 is 25.3 Å². The third-order valence-corrected chi connectivity index (χ3v) is 4.86. The lowest BCUT2D eigenvalue weighted by molar-refractivity contribution is -0.384. The molecule has 2 aromatic rings. The highest BCUT2D eigenvalue weighted by Gasteiger charge is 2.26. The monoisotopic (exact) mass is 286 g/mol. The first-order valence-corrected chi connectivity index (χ1v) is 9.94. The highest BCUT2D eigenvalue weighted by Crippen LogP contribution is 2.32. The lowest BCUT2D eigenvalue weighted by atomic mass is 10.2. The van der Waals surface area contributed by atoms with E-state index in [1.54, 1.807) is 12.1 Å². The van der Waals surface area contributed by atoms with Crippen LogP contribution in [-0.4, -0.2) is 13.2 Å². The predicted molar refractivity (Wildman–Crippen MR) is 85.0 cm³/mol. The molecule has 0 N–H and O–H groups in total. The van der Waals surface area contributed by atoms with Gasteiger partial charge in [-0.2, -0.15) is 0 Å². The Bertz CT molecular complexity index is 592. The van der Waals surface area contributed by atoms with Gasteiger partial charge in [-0.3, -0.25) is 10.1 Å². The van der Waals surface area contributed by atoms with Gasteiger partial charge in [-0.25, -0.2) is 0 Å². The van der Waals surface area contributed by atoms with E-state index in [1.165, 1.54) is 0 Å². The van der Waals surface area contributed by atoms with Gasteiger partial charge >= 0.3 is 0 Å². The number of nitro benzene ring substituents is 1. The summed E-state index contributed by atoms with van der Waals surface area (Å²) < 4.78 is 2.30. The standard InChI is InChI=1S/C15H18N2O2Si/c1-20(2,3)16(13-7-5-4-6-8-13)14-9-11-15(12-10-14)17(18)19/h4-12H,1-3H3. The van der Waals surface area contributed by atoms with Crippen LogP contribution in [-0.2, 0) is 0 Å². The van der Waals surface area contributed by atoms with Crippen molar-refractivity contribution in [1.29, 1.82) is 0 Å². The number of hydrogen-bond acceptors (Lipinski definition) is 3. The van der Waals surface area contributed by atoms with Crippen molar-refractivity contribution in [3.05, 3.63) is 64.7 Å². The Labute approximate surface area is 119 Å². The topological polar surface area (TPSA) is 46.4 Å². The minimum absolute atomic E-state index is 0.123. The second-order valence-corrected chi connectivity index (χ2v) is 10.4. The highest BCUT2D eigenvalue weighted by atomic mass is 28.3. The minimum atomic E-state index is -1.65. The molecule has 0 aliphatic carbocycles. The van der Waals surface area contributed by atoms with Crippen LogP contribution >= 0.6 is 0 Å². The summed E-state index contributed by atoms with van der Waals surface area (Å²) in [7, 11) is -1.65. The summed E-state index contributed by atoms with van der Waals surface area (Å²) in [5.41, 5.74) is 2.25. The Morgan fingerprint density at radius 3 is 1.85 bits per heavy atom. The molecule has 2 aromatic carbocycles. The molecule has 0 bridgehead atoms. The van der Waals surface area contributed by atoms with Crippen LogP contribution in [0, 0.1) is 10.1 Å². The van der Waals surface area contributed by atoms with Gasteiger partial charge in [-0.15, -0.1) is 0 Å². The first-order chi connectivity index (χ1) is 9.39. The number of hydrogen-bond donors (Lipinski definition) is 0. The molecule has 0 radical (unpaired) electrons. The van der Waals surface area contributed by atoms with E-state index in [0.717, 1.165) is 11.4 Å². The smallest absolute Gasteiger partial charge is 0.269 e. The van der Waals surface area contributed by atoms with Gasteiger partial charge in [0.1, 0.15) is 0 Å². The molecule has 5 heteroatoms. The van der Waals surface area contributed by atoms with Crippen LogP contribution in [0.1, 0.15) is 0 Å². The van der Waals surface area contributed by atoms with Crippen molar-refractivity contribution in [2.75, 3.05) is 4.57 Å². The number of nitrogens with zero attached hydrogens (tertiary/aromatic N) is 2. The molecule has 0 saturated carbocycles. The van der Waals surface area contributed by atoms with Crippen LogP contribution < -0.4 is 4.57 Å². The van der Waals surface area contributed by atoms with E-state index in [1.807, 2.05) is 30.3 Å². The highest BCUT2D eigenvalue weighted by molar-refractivity contribution is 6.81. The molecule has 0 fully saturated rings. The van der Waals surface area contributed by atoms with Gasteiger partial charge in [0.2, 0.25) is 0 Å². The van der Waals surface area contributed by atoms with Gasteiger partial charge in [-0.1, -0.05) is 37.8 Å².